The van der Waals surface area contributed by atoms with Gasteiger partial charge in [0, 0.05) is 87.9 Å². The molecule has 0 aliphatic carbocycles. The van der Waals surface area contributed by atoms with Gasteiger partial charge in [0.2, 0.25) is 17.8 Å². The summed E-state index contributed by atoms with van der Waals surface area (Å²) < 4.78 is 336. The van der Waals surface area contributed by atoms with E-state index in [-0.39, 0.29) is 0 Å². The van der Waals surface area contributed by atoms with Gasteiger partial charge in [0.1, 0.15) is 51.4 Å². The number of aromatic amines is 3. The van der Waals surface area contributed by atoms with E-state index in [1.54, 1.807) is 0 Å². The zero-order chi connectivity index (χ0) is 103. The summed E-state index contributed by atoms with van der Waals surface area (Å²) in [5.41, 5.74) is -41.3. The van der Waals surface area contributed by atoms with Gasteiger partial charge in [-0.1, -0.05) is 125 Å². The summed E-state index contributed by atoms with van der Waals surface area (Å²) in [7, 11) is -6.77. The standard InChI is InChI=1S/C87H90F18N21O13P/c1-73(2,3)85(74(4,5)6,121-34-46(67(127)112-70(121)130)49-28-52(64-109-31-61(88)124(64)115-49)118-37-58(79(91,92)40-118)134-43-19-22-106-55(25-43)82(97,98)99)137-140(133,138-86(75(7,8)9,76(10,11)12)122-35-47(68(128)113-71(122)131)50-29-53(65-110-32-62(89)125(65)116-50)119-38-59(80(93,94)41-119)135-44-20-23-107-56(26-44)83(100,101)102)139-87(77(13,14)15,78(16,17)18)123-36-48(69(129)114-72(123)132)51-30-54(66-111-33-63(90)126(66)117-51)120-39-60(81(95,96)42-120)136-45-21-24-108-57(27-45)84(103,104)105/h19-36,58-60H,37-42H2,1-18H3,(H,112,127,130)(H,113,128,131)(H,114,129,132)/t58-,59-,60-/m0/s1. The fourth-order valence-corrected chi connectivity index (χ4v) is 22.2. The van der Waals surface area contributed by atoms with Gasteiger partial charge in [-0.15, -0.1) is 0 Å². The van der Waals surface area contributed by atoms with Crippen molar-refractivity contribution in [1.29, 1.82) is 0 Å². The third kappa shape index (κ3) is 17.8. The number of alkyl halides is 15. The second kappa shape index (κ2) is 33.6. The molecule has 53 heteroatoms. The van der Waals surface area contributed by atoms with Crippen molar-refractivity contribution in [3.05, 3.63) is 208 Å². The smallest absolute Gasteiger partial charge is 0.481 e. The molecule has 752 valence electrons. The van der Waals surface area contributed by atoms with Gasteiger partial charge in [-0.3, -0.25) is 71.6 Å². The molecule has 0 bridgehead atoms. The summed E-state index contributed by atoms with van der Waals surface area (Å²) in [5, 5.41) is 13.0. The van der Waals surface area contributed by atoms with Crippen molar-refractivity contribution in [2.75, 3.05) is 54.0 Å². The molecule has 3 N–H and O–H groups in total. The maximum Gasteiger partial charge on any atom is 0.481 e. The van der Waals surface area contributed by atoms with Gasteiger partial charge < -0.3 is 28.9 Å². The van der Waals surface area contributed by atoms with Crippen LogP contribution >= 0.6 is 7.82 Å². The van der Waals surface area contributed by atoms with Gasteiger partial charge in [-0.2, -0.15) is 81.5 Å². The number of imidazole rings is 3. The van der Waals surface area contributed by atoms with Crippen LogP contribution in [0, 0.1) is 50.3 Å². The zero-order valence-electron chi connectivity index (χ0n) is 77.5. The monoisotopic (exact) mass is 2010 g/mol. The maximum absolute atomic E-state index is 19.3. The number of pyridine rings is 3. The van der Waals surface area contributed by atoms with Crippen LogP contribution in [0.3, 0.4) is 0 Å². The topological polar surface area (TPSA) is 376 Å². The highest BCUT2D eigenvalue weighted by Crippen LogP contribution is 2.72. The number of phosphoric ester groups is 1. The van der Waals surface area contributed by atoms with Crippen molar-refractivity contribution in [3.63, 3.8) is 0 Å². The van der Waals surface area contributed by atoms with Crippen LogP contribution in [0.2, 0.25) is 0 Å². The minimum Gasteiger partial charge on any atom is -0.482 e. The molecule has 0 radical (unpaired) electrons. The Bertz CT molecular complexity index is 6630. The minimum absolute atomic E-state index is 0.376. The number of aromatic nitrogens is 18. The third-order valence-electron chi connectivity index (χ3n) is 24.4. The van der Waals surface area contributed by atoms with E-state index in [0.717, 1.165) is 69.7 Å². The lowest BCUT2D eigenvalue weighted by molar-refractivity contribution is -0.263. The summed E-state index contributed by atoms with van der Waals surface area (Å²) in [5.74, 6) is -17.9. The Morgan fingerprint density at radius 1 is 0.357 bits per heavy atom. The van der Waals surface area contributed by atoms with E-state index >= 15 is 72.8 Å². The number of phosphoric acid groups is 1. The van der Waals surface area contributed by atoms with Crippen molar-refractivity contribution in [1.82, 2.24) is 87.4 Å². The zero-order valence-corrected chi connectivity index (χ0v) is 78.4. The maximum atomic E-state index is 19.3. The predicted octanol–water partition coefficient (Wildman–Crippen LogP) is 15.5. The first-order valence-corrected chi connectivity index (χ1v) is 44.2. The molecule has 0 saturated carbocycles. The number of hydrogen-bond acceptors (Lipinski definition) is 25. The fourth-order valence-electron chi connectivity index (χ4n) is 19.2. The summed E-state index contributed by atoms with van der Waals surface area (Å²) in [6.45, 7) is 18.3. The van der Waals surface area contributed by atoms with Crippen LogP contribution in [0.5, 0.6) is 17.2 Å². The number of ether oxygens (including phenoxy) is 3. The van der Waals surface area contributed by atoms with E-state index in [1.165, 1.54) is 125 Å². The van der Waals surface area contributed by atoms with Crippen molar-refractivity contribution in [2.45, 2.75) is 196 Å². The number of hydrogen-bond donors (Lipinski definition) is 3. The lowest BCUT2D eigenvalue weighted by Gasteiger charge is -2.59. The van der Waals surface area contributed by atoms with E-state index < -0.39 is 305 Å². The number of H-pyrrole nitrogens is 3. The van der Waals surface area contributed by atoms with Crippen LogP contribution in [-0.4, -0.2) is 163 Å². The Morgan fingerprint density at radius 2 is 0.586 bits per heavy atom. The number of nitrogens with zero attached hydrogens (tertiary/aromatic N) is 18. The Morgan fingerprint density at radius 3 is 0.800 bits per heavy atom. The highest BCUT2D eigenvalue weighted by atomic mass is 31.2. The molecule has 0 aromatic carbocycles. The molecule has 3 atom stereocenters. The molecular formula is C87H90F18N21O13P. The second-order valence-corrected chi connectivity index (χ2v) is 41.7. The molecule has 34 nitrogen and oxygen atoms in total. The van der Waals surface area contributed by atoms with E-state index in [0.29, 0.717) is 82.6 Å². The molecule has 3 aliphatic rings. The number of nitrogens with one attached hydrogen (secondary N) is 3. The molecule has 140 heavy (non-hydrogen) atoms. The first kappa shape index (κ1) is 101. The van der Waals surface area contributed by atoms with Gasteiger partial charge in [-0.25, -0.2) is 60.2 Å². The summed E-state index contributed by atoms with van der Waals surface area (Å²) in [6.07, 6.45) is -15.9. The molecule has 15 rings (SSSR count). The third-order valence-corrected chi connectivity index (χ3v) is 25.9. The lowest BCUT2D eigenvalue weighted by atomic mass is 9.68. The molecule has 0 amide bonds. The van der Waals surface area contributed by atoms with Crippen LogP contribution < -0.4 is 62.7 Å². The van der Waals surface area contributed by atoms with Gasteiger partial charge in [0.15, 0.2) is 52.4 Å². The molecular weight excluding hydrogens is 1920 g/mol. The first-order valence-electron chi connectivity index (χ1n) is 42.7. The van der Waals surface area contributed by atoms with Crippen molar-refractivity contribution < 1.29 is 111 Å². The SMILES string of the molecule is CC(C)(C)C(OP(=O)(OC(n1cc(-c2cc(N3C[C@H](Oc4ccnc(C(F)(F)F)c4)C(F)(F)C3)c3ncc(F)n3n2)c(=O)[nH]c1=O)(C(C)(C)C)C(C)(C)C)OC(n1cc(-c2cc(N3C[C@H](Oc4ccnc(C(F)(F)F)c4)C(F)(F)C3)c3ncc(F)n3n2)c(=O)[nH]c1=O)(C(C)(C)C)C(C)(C)C)(n1cc(-c2cc(N3C[C@H](Oc4ccnc(C(F)(F)F)c4)C(F)(F)C3)c3ncc(F)n3n2)c(=O)[nH]c1=O)C(C)(C)C. The molecule has 0 spiro atoms. The number of halogens is 18. The van der Waals surface area contributed by atoms with Crippen molar-refractivity contribution in [2.24, 2.45) is 32.5 Å². The molecule has 3 saturated heterocycles. The molecule has 15 heterocycles. The molecule has 0 unspecified atom stereocenters. The Labute approximate surface area is 779 Å². The van der Waals surface area contributed by atoms with E-state index in [4.69, 9.17) is 27.8 Å². The quantitative estimate of drug-likeness (QED) is 0.0444. The molecule has 12 aromatic heterocycles. The van der Waals surface area contributed by atoms with E-state index in [1.807, 2.05) is 0 Å². The second-order valence-electron chi connectivity index (χ2n) is 40.2. The Balaban J connectivity index is 0.950. The van der Waals surface area contributed by atoms with Gasteiger partial charge in [0.05, 0.1) is 91.6 Å². The average Bonchev–Trinajstić information content (AvgIpc) is 0.960. The molecule has 3 aliphatic heterocycles. The van der Waals surface area contributed by atoms with Crippen LogP contribution in [0.15, 0.2) is 139 Å². The Kier molecular flexibility index (Phi) is 24.4. The number of anilines is 3. The minimum atomic E-state index is -6.77. The largest absolute Gasteiger partial charge is 0.482 e. The Hall–Kier alpha value is -13.0. The molecule has 12 aromatic rings. The van der Waals surface area contributed by atoms with E-state index in [9.17, 15) is 39.5 Å². The normalized spacial score (nSPS) is 17.9. The van der Waals surface area contributed by atoms with Crippen LogP contribution in [0.4, 0.5) is 96.1 Å². The van der Waals surface area contributed by atoms with Crippen molar-refractivity contribution in [3.8, 4) is 51.0 Å². The fraction of sp³-hybridized carbons (Fsp3) is 0.483. The number of rotatable bonds is 21. The molecule has 3 fully saturated rings. The van der Waals surface area contributed by atoms with Gasteiger partial charge in [0.25, 0.3) is 16.7 Å². The summed E-state index contributed by atoms with van der Waals surface area (Å²) >= 11 is 0. The summed E-state index contributed by atoms with van der Waals surface area (Å²) in [6, 6.07) is 6.66. The highest BCUT2D eigenvalue weighted by molar-refractivity contribution is 7.48. The van der Waals surface area contributed by atoms with Gasteiger partial charge in [-0.05, 0) is 36.4 Å². The lowest BCUT2D eigenvalue weighted by Crippen LogP contribution is -2.64. The van der Waals surface area contributed by atoms with E-state index in [2.05, 4.69) is 60.2 Å². The van der Waals surface area contributed by atoms with Crippen LogP contribution in [0.25, 0.3) is 50.7 Å². The number of fused-ring (bicyclic) bond motifs is 3. The first-order chi connectivity index (χ1) is 64.2. The van der Waals surface area contributed by atoms with Crippen LogP contribution in [0.1, 0.15) is 142 Å². The van der Waals surface area contributed by atoms with Gasteiger partial charge >= 0.3 is 61.2 Å². The average molecular weight is 2010 g/mol. The van der Waals surface area contributed by atoms with Crippen LogP contribution in [-0.2, 0) is 53.8 Å². The van der Waals surface area contributed by atoms with Crippen molar-refractivity contribution >= 4 is 41.8 Å². The predicted molar refractivity (Wildman–Crippen MR) is 464 cm³/mol. The summed E-state index contributed by atoms with van der Waals surface area (Å²) in [4.78, 5) is 124. The highest BCUT2D eigenvalue weighted by Gasteiger charge is 2.69.